The fourth-order valence-electron chi connectivity index (χ4n) is 0.972. The molecule has 0 aromatic heterocycles. The summed E-state index contributed by atoms with van der Waals surface area (Å²) in [5.41, 5.74) is 1.36. The molecule has 0 atom stereocenters. The SMILES string of the molecule is C=C(C)C(=O)OC.C=C(C)C(=O)OCC(C)C.C=C(C)C(=O)OCCCC.C=CC(=O)O. The minimum atomic E-state index is -0.981. The van der Waals surface area contributed by atoms with E-state index >= 15 is 0 Å². The van der Waals surface area contributed by atoms with E-state index in [4.69, 9.17) is 14.6 Å². The predicted molar refractivity (Wildman–Crippen MR) is 126 cm³/mol. The first-order valence-corrected chi connectivity index (χ1v) is 9.92. The molecular formula is C24H40O8. The summed E-state index contributed by atoms with van der Waals surface area (Å²) in [5.74, 6) is -1.52. The van der Waals surface area contributed by atoms with Gasteiger partial charge >= 0.3 is 23.9 Å². The number of hydrogen-bond acceptors (Lipinski definition) is 7. The summed E-state index contributed by atoms with van der Waals surface area (Å²) in [6.07, 6.45) is 2.81. The fourth-order valence-corrected chi connectivity index (χ4v) is 0.972. The summed E-state index contributed by atoms with van der Waals surface area (Å²) < 4.78 is 13.9. The molecule has 0 bridgehead atoms. The number of aliphatic carboxylic acids is 1. The van der Waals surface area contributed by atoms with Crippen molar-refractivity contribution in [2.45, 2.75) is 54.4 Å². The first-order chi connectivity index (χ1) is 14.7. The number of carboxylic acid groups (broad SMARTS) is 1. The number of ether oxygens (including phenoxy) is 3. The third-order valence-corrected chi connectivity index (χ3v) is 2.68. The molecule has 0 heterocycles. The van der Waals surface area contributed by atoms with Gasteiger partial charge in [0, 0.05) is 22.8 Å². The van der Waals surface area contributed by atoms with E-state index < -0.39 is 5.97 Å². The number of hydrogen-bond donors (Lipinski definition) is 1. The highest BCUT2D eigenvalue weighted by molar-refractivity contribution is 5.87. The largest absolute Gasteiger partial charge is 0.478 e. The quantitative estimate of drug-likeness (QED) is 0.230. The first-order valence-electron chi connectivity index (χ1n) is 9.92. The van der Waals surface area contributed by atoms with Crippen LogP contribution in [0.15, 0.2) is 49.1 Å². The molecular weight excluding hydrogens is 416 g/mol. The van der Waals surface area contributed by atoms with Gasteiger partial charge < -0.3 is 19.3 Å². The first kappa shape index (κ1) is 36.2. The predicted octanol–water partition coefficient (Wildman–Crippen LogP) is 4.66. The molecule has 8 heteroatoms. The van der Waals surface area contributed by atoms with Crippen LogP contribution in [0.1, 0.15) is 54.4 Å². The van der Waals surface area contributed by atoms with Crippen LogP contribution < -0.4 is 0 Å². The second kappa shape index (κ2) is 24.1. The van der Waals surface area contributed by atoms with E-state index in [-0.39, 0.29) is 17.9 Å². The van der Waals surface area contributed by atoms with E-state index in [1.54, 1.807) is 20.8 Å². The molecule has 0 aliphatic heterocycles. The molecule has 32 heavy (non-hydrogen) atoms. The van der Waals surface area contributed by atoms with Gasteiger partial charge in [-0.3, -0.25) is 0 Å². The van der Waals surface area contributed by atoms with Gasteiger partial charge in [-0.15, -0.1) is 0 Å². The molecule has 0 saturated carbocycles. The average molecular weight is 457 g/mol. The summed E-state index contributed by atoms with van der Waals surface area (Å²) in [6, 6.07) is 0. The Bertz CT molecular complexity index is 630. The number of carboxylic acids is 1. The molecule has 0 aliphatic carbocycles. The third kappa shape index (κ3) is 34.4. The summed E-state index contributed by atoms with van der Waals surface area (Å²) >= 11 is 0. The molecule has 1 N–H and O–H groups in total. The van der Waals surface area contributed by atoms with Crippen LogP contribution in [0.3, 0.4) is 0 Å². The molecule has 0 radical (unpaired) electrons. The topological polar surface area (TPSA) is 116 Å². The van der Waals surface area contributed by atoms with Crippen molar-refractivity contribution in [3.63, 3.8) is 0 Å². The molecule has 0 spiro atoms. The van der Waals surface area contributed by atoms with Crippen LogP contribution in [-0.2, 0) is 33.4 Å². The van der Waals surface area contributed by atoms with Gasteiger partial charge in [0.05, 0.1) is 20.3 Å². The lowest BCUT2D eigenvalue weighted by atomic mass is 10.2. The summed E-state index contributed by atoms with van der Waals surface area (Å²) in [4.78, 5) is 40.9. The van der Waals surface area contributed by atoms with Gasteiger partial charge in [0.1, 0.15) is 0 Å². The van der Waals surface area contributed by atoms with E-state index in [2.05, 4.69) is 38.0 Å². The lowest BCUT2D eigenvalue weighted by Crippen LogP contribution is -2.09. The second-order valence-electron chi connectivity index (χ2n) is 6.86. The van der Waals surface area contributed by atoms with Crippen molar-refractivity contribution in [3.8, 4) is 0 Å². The van der Waals surface area contributed by atoms with Crippen LogP contribution >= 0.6 is 0 Å². The number of unbranched alkanes of at least 4 members (excludes halogenated alkanes) is 1. The van der Waals surface area contributed by atoms with Crippen LogP contribution in [-0.4, -0.2) is 49.3 Å². The van der Waals surface area contributed by atoms with Crippen LogP contribution in [0.4, 0.5) is 0 Å². The Morgan fingerprint density at radius 3 is 1.47 bits per heavy atom. The van der Waals surface area contributed by atoms with Gasteiger partial charge in [0.2, 0.25) is 0 Å². The zero-order valence-electron chi connectivity index (χ0n) is 20.6. The molecule has 0 aromatic rings. The maximum atomic E-state index is 10.7. The second-order valence-corrected chi connectivity index (χ2v) is 6.86. The molecule has 0 amide bonds. The molecule has 0 saturated heterocycles. The highest BCUT2D eigenvalue weighted by Crippen LogP contribution is 1.97. The Labute approximate surface area is 192 Å². The number of carbonyl (C=O) groups excluding carboxylic acids is 3. The van der Waals surface area contributed by atoms with Crippen LogP contribution in [0.5, 0.6) is 0 Å². The van der Waals surface area contributed by atoms with Crippen molar-refractivity contribution in [1.82, 2.24) is 0 Å². The Balaban J connectivity index is -0.000000169. The number of methoxy groups -OCH3 is 1. The molecule has 8 nitrogen and oxygen atoms in total. The van der Waals surface area contributed by atoms with Gasteiger partial charge in [-0.05, 0) is 33.1 Å². The molecule has 0 aliphatic rings. The maximum absolute atomic E-state index is 10.7. The lowest BCUT2D eigenvalue weighted by Gasteiger charge is -2.05. The Morgan fingerprint density at radius 2 is 1.25 bits per heavy atom. The van der Waals surface area contributed by atoms with Crippen molar-refractivity contribution in [3.05, 3.63) is 49.1 Å². The van der Waals surface area contributed by atoms with Gasteiger partial charge in [-0.25, -0.2) is 19.2 Å². The van der Waals surface area contributed by atoms with E-state index in [1.165, 1.54) is 7.11 Å². The smallest absolute Gasteiger partial charge is 0.333 e. The Kier molecular flexibility index (Phi) is 27.3. The molecule has 0 fully saturated rings. The number of carbonyl (C=O) groups is 4. The van der Waals surface area contributed by atoms with Crippen LogP contribution in [0.2, 0.25) is 0 Å². The fraction of sp³-hybridized carbons (Fsp3) is 0.500. The molecule has 0 unspecified atom stereocenters. The monoisotopic (exact) mass is 456 g/mol. The van der Waals surface area contributed by atoms with Gasteiger partial charge in [0.15, 0.2) is 0 Å². The van der Waals surface area contributed by atoms with Crippen LogP contribution in [0, 0.1) is 5.92 Å². The zero-order valence-corrected chi connectivity index (χ0v) is 20.6. The normalized spacial score (nSPS) is 8.50. The van der Waals surface area contributed by atoms with E-state index in [0.717, 1.165) is 18.9 Å². The maximum Gasteiger partial charge on any atom is 0.333 e. The molecule has 0 aromatic carbocycles. The Morgan fingerprint density at radius 1 is 0.875 bits per heavy atom. The highest BCUT2D eigenvalue weighted by atomic mass is 16.5. The summed E-state index contributed by atoms with van der Waals surface area (Å²) in [7, 11) is 1.33. The third-order valence-electron chi connectivity index (χ3n) is 2.68. The van der Waals surface area contributed by atoms with Crippen LogP contribution in [0.25, 0.3) is 0 Å². The van der Waals surface area contributed by atoms with Gasteiger partial charge in [-0.2, -0.15) is 0 Å². The van der Waals surface area contributed by atoms with E-state index in [0.29, 0.717) is 35.9 Å². The van der Waals surface area contributed by atoms with Crippen molar-refractivity contribution >= 4 is 23.9 Å². The van der Waals surface area contributed by atoms with Crippen molar-refractivity contribution in [2.75, 3.05) is 20.3 Å². The minimum Gasteiger partial charge on any atom is -0.478 e. The average Bonchev–Trinajstić information content (AvgIpc) is 2.72. The van der Waals surface area contributed by atoms with E-state index in [9.17, 15) is 19.2 Å². The molecule has 0 rings (SSSR count). The zero-order chi connectivity index (χ0) is 26.3. The molecule has 184 valence electrons. The standard InChI is InChI=1S/2C8H14O2.C5H8O2.C3H4O2/c1-6(2)5-10-8(9)7(3)4;1-4-5-6-10-8(9)7(2)3;1-4(2)5(6)7-3;1-2-3(4)5/h6H,3,5H2,1-2,4H3;2,4-6H2,1,3H3;1H2,2-3H3;2H,1H2,(H,4,5). The number of rotatable bonds is 9. The summed E-state index contributed by atoms with van der Waals surface area (Å²) in [5, 5.41) is 7.60. The minimum absolute atomic E-state index is 0.284. The van der Waals surface area contributed by atoms with E-state index in [1.807, 2.05) is 13.8 Å². The highest BCUT2D eigenvalue weighted by Gasteiger charge is 2.03. The Hall–Kier alpha value is -3.16. The summed E-state index contributed by atoms with van der Waals surface area (Å²) in [6.45, 7) is 25.1. The van der Waals surface area contributed by atoms with Crippen molar-refractivity contribution in [2.24, 2.45) is 5.92 Å². The van der Waals surface area contributed by atoms with Crippen molar-refractivity contribution < 1.29 is 38.5 Å². The lowest BCUT2D eigenvalue weighted by molar-refractivity contribution is -0.140. The van der Waals surface area contributed by atoms with Gasteiger partial charge in [0.25, 0.3) is 0 Å². The van der Waals surface area contributed by atoms with Crippen molar-refractivity contribution in [1.29, 1.82) is 0 Å². The number of esters is 3. The van der Waals surface area contributed by atoms with Gasteiger partial charge in [-0.1, -0.05) is 53.5 Å².